The number of carbonyl (C=O) groups is 1. The second-order valence-electron chi connectivity index (χ2n) is 7.92. The number of hydrogen-bond acceptors (Lipinski definition) is 5. The van der Waals surface area contributed by atoms with Crippen LogP contribution in [0.1, 0.15) is 10.4 Å². The monoisotopic (exact) mass is 417 g/mol. The third-order valence-electron chi connectivity index (χ3n) is 5.97. The number of nitrogens with zero attached hydrogens (tertiary/aromatic N) is 2. The van der Waals surface area contributed by atoms with Crippen LogP contribution in [0.3, 0.4) is 0 Å². The van der Waals surface area contributed by atoms with Crippen LogP contribution in [0.4, 0.5) is 17.1 Å². The van der Waals surface area contributed by atoms with E-state index >= 15 is 0 Å². The maximum atomic E-state index is 13.1. The van der Waals surface area contributed by atoms with Crippen molar-refractivity contribution in [2.75, 3.05) is 67.7 Å². The number of nitrogens with one attached hydrogen (secondary N) is 1. The van der Waals surface area contributed by atoms with Crippen LogP contribution in [0.15, 0.2) is 60.7 Å². The van der Waals surface area contributed by atoms with Gasteiger partial charge in [-0.2, -0.15) is 0 Å². The number of ether oxygens (including phenoxy) is 2. The van der Waals surface area contributed by atoms with Crippen LogP contribution in [-0.4, -0.2) is 58.5 Å². The van der Waals surface area contributed by atoms with E-state index in [0.717, 1.165) is 67.2 Å². The number of rotatable bonds is 4. The van der Waals surface area contributed by atoms with Crippen molar-refractivity contribution < 1.29 is 14.3 Å². The molecule has 6 nitrogen and oxygen atoms in total. The molecule has 2 heterocycles. The van der Waals surface area contributed by atoms with Crippen molar-refractivity contribution in [3.8, 4) is 0 Å². The van der Waals surface area contributed by atoms with Gasteiger partial charge in [0, 0.05) is 37.4 Å². The molecule has 0 atom stereocenters. The Balaban J connectivity index is 1.44. The topological polar surface area (TPSA) is 54.0 Å². The molecule has 0 unspecified atom stereocenters. The molecular weight excluding hydrogens is 390 g/mol. The first-order chi connectivity index (χ1) is 15.3. The summed E-state index contributed by atoms with van der Waals surface area (Å²) in [5.41, 5.74) is 3.69. The maximum absolute atomic E-state index is 13.1. The molecule has 2 aliphatic rings. The molecule has 31 heavy (non-hydrogen) atoms. The van der Waals surface area contributed by atoms with Crippen molar-refractivity contribution >= 4 is 33.7 Å². The molecule has 6 heteroatoms. The van der Waals surface area contributed by atoms with Gasteiger partial charge in [0.15, 0.2) is 0 Å². The van der Waals surface area contributed by atoms with Gasteiger partial charge in [-0.3, -0.25) is 4.79 Å². The van der Waals surface area contributed by atoms with E-state index in [2.05, 4.69) is 33.3 Å². The Morgan fingerprint density at radius 3 is 2.16 bits per heavy atom. The Morgan fingerprint density at radius 2 is 1.42 bits per heavy atom. The fourth-order valence-corrected chi connectivity index (χ4v) is 4.23. The van der Waals surface area contributed by atoms with E-state index in [1.165, 1.54) is 0 Å². The molecule has 0 spiro atoms. The lowest BCUT2D eigenvalue weighted by Gasteiger charge is -2.33. The second kappa shape index (κ2) is 8.96. The Morgan fingerprint density at radius 1 is 0.742 bits per heavy atom. The molecule has 2 aliphatic heterocycles. The molecule has 160 valence electrons. The van der Waals surface area contributed by atoms with Crippen LogP contribution in [0.25, 0.3) is 10.8 Å². The molecule has 2 saturated heterocycles. The minimum atomic E-state index is -0.0978. The average molecular weight is 418 g/mol. The fraction of sp³-hybridized carbons (Fsp3) is 0.320. The molecule has 0 radical (unpaired) electrons. The molecule has 2 fully saturated rings. The number of amides is 1. The predicted molar refractivity (Wildman–Crippen MR) is 124 cm³/mol. The SMILES string of the molecule is O=C(Nc1ccc(N2CCOCC2)cc1N1CCOCC1)c1ccc2ccccc2c1. The Bertz CT molecular complexity index is 1070. The van der Waals surface area contributed by atoms with Crippen LogP contribution in [0, 0.1) is 0 Å². The zero-order valence-electron chi connectivity index (χ0n) is 17.5. The number of carbonyl (C=O) groups excluding carboxylic acids is 1. The number of fused-ring (bicyclic) bond motifs is 1. The summed E-state index contributed by atoms with van der Waals surface area (Å²) in [7, 11) is 0. The summed E-state index contributed by atoms with van der Waals surface area (Å²) in [6.45, 7) is 6.26. The zero-order valence-corrected chi connectivity index (χ0v) is 17.5. The summed E-state index contributed by atoms with van der Waals surface area (Å²) < 4.78 is 11.0. The van der Waals surface area contributed by atoms with Crippen molar-refractivity contribution in [1.29, 1.82) is 0 Å². The van der Waals surface area contributed by atoms with Crippen LogP contribution < -0.4 is 15.1 Å². The van der Waals surface area contributed by atoms with Crippen LogP contribution in [-0.2, 0) is 9.47 Å². The lowest BCUT2D eigenvalue weighted by molar-refractivity contribution is 0.102. The average Bonchev–Trinajstić information content (AvgIpc) is 2.85. The van der Waals surface area contributed by atoms with E-state index in [9.17, 15) is 4.79 Å². The van der Waals surface area contributed by atoms with Crippen molar-refractivity contribution in [3.05, 3.63) is 66.2 Å². The zero-order chi connectivity index (χ0) is 21.0. The van der Waals surface area contributed by atoms with Crippen LogP contribution >= 0.6 is 0 Å². The van der Waals surface area contributed by atoms with E-state index in [4.69, 9.17) is 9.47 Å². The van der Waals surface area contributed by atoms with Gasteiger partial charge < -0.3 is 24.6 Å². The van der Waals surface area contributed by atoms with E-state index < -0.39 is 0 Å². The van der Waals surface area contributed by atoms with Gasteiger partial charge in [0.25, 0.3) is 5.91 Å². The van der Waals surface area contributed by atoms with Gasteiger partial charge in [0.1, 0.15) is 0 Å². The molecule has 0 aromatic heterocycles. The van der Waals surface area contributed by atoms with Gasteiger partial charge in [-0.25, -0.2) is 0 Å². The highest BCUT2D eigenvalue weighted by atomic mass is 16.5. The van der Waals surface area contributed by atoms with Crippen LogP contribution in [0.2, 0.25) is 0 Å². The molecule has 0 saturated carbocycles. The molecule has 3 aromatic carbocycles. The minimum Gasteiger partial charge on any atom is -0.378 e. The van der Waals surface area contributed by atoms with Gasteiger partial charge in [-0.05, 0) is 41.1 Å². The molecule has 1 amide bonds. The quantitative estimate of drug-likeness (QED) is 0.701. The first-order valence-electron chi connectivity index (χ1n) is 10.9. The molecule has 1 N–H and O–H groups in total. The molecule has 3 aromatic rings. The van der Waals surface area contributed by atoms with Crippen LogP contribution in [0.5, 0.6) is 0 Å². The Labute approximate surface area is 182 Å². The smallest absolute Gasteiger partial charge is 0.255 e. The summed E-state index contributed by atoms with van der Waals surface area (Å²) in [6, 6.07) is 20.2. The summed E-state index contributed by atoms with van der Waals surface area (Å²) in [5.74, 6) is -0.0978. The van der Waals surface area contributed by atoms with Crippen molar-refractivity contribution in [2.45, 2.75) is 0 Å². The van der Waals surface area contributed by atoms with Crippen molar-refractivity contribution in [2.24, 2.45) is 0 Å². The standard InChI is InChI=1S/C25H27N3O3/c29-25(21-6-5-19-3-1-2-4-20(19)17-21)26-23-8-7-22(27-9-13-30-14-10-27)18-24(23)28-11-15-31-16-12-28/h1-8,17-18H,9-16H2,(H,26,29). The first kappa shape index (κ1) is 19.8. The van der Waals surface area contributed by atoms with Crippen molar-refractivity contribution in [3.63, 3.8) is 0 Å². The summed E-state index contributed by atoms with van der Waals surface area (Å²) >= 11 is 0. The van der Waals surface area contributed by atoms with Gasteiger partial charge in [-0.15, -0.1) is 0 Å². The third kappa shape index (κ3) is 4.36. The largest absolute Gasteiger partial charge is 0.378 e. The number of anilines is 3. The number of morpholine rings is 2. The van der Waals surface area contributed by atoms with Gasteiger partial charge in [0.05, 0.1) is 37.8 Å². The second-order valence-corrected chi connectivity index (χ2v) is 7.92. The summed E-state index contributed by atoms with van der Waals surface area (Å²) in [5, 5.41) is 5.34. The highest BCUT2D eigenvalue weighted by molar-refractivity contribution is 6.08. The lowest BCUT2D eigenvalue weighted by atomic mass is 10.1. The van der Waals surface area contributed by atoms with E-state index in [1.54, 1.807) is 0 Å². The highest BCUT2D eigenvalue weighted by Gasteiger charge is 2.20. The fourth-order valence-electron chi connectivity index (χ4n) is 4.23. The lowest BCUT2D eigenvalue weighted by Crippen LogP contribution is -2.38. The molecular formula is C25H27N3O3. The third-order valence-corrected chi connectivity index (χ3v) is 5.97. The van der Waals surface area contributed by atoms with Gasteiger partial charge in [0.2, 0.25) is 0 Å². The Kier molecular flexibility index (Phi) is 5.74. The number of hydrogen-bond donors (Lipinski definition) is 1. The predicted octanol–water partition coefficient (Wildman–Crippen LogP) is 3.77. The number of benzene rings is 3. The van der Waals surface area contributed by atoms with E-state index in [0.29, 0.717) is 18.8 Å². The highest BCUT2D eigenvalue weighted by Crippen LogP contribution is 2.32. The minimum absolute atomic E-state index is 0.0978. The van der Waals surface area contributed by atoms with E-state index in [-0.39, 0.29) is 5.91 Å². The maximum Gasteiger partial charge on any atom is 0.255 e. The first-order valence-corrected chi connectivity index (χ1v) is 10.9. The molecule has 0 aliphatic carbocycles. The van der Waals surface area contributed by atoms with E-state index in [1.807, 2.05) is 42.5 Å². The van der Waals surface area contributed by atoms with Gasteiger partial charge in [-0.1, -0.05) is 30.3 Å². The summed E-state index contributed by atoms with van der Waals surface area (Å²) in [4.78, 5) is 17.7. The Hall–Kier alpha value is -3.09. The van der Waals surface area contributed by atoms with Gasteiger partial charge >= 0.3 is 0 Å². The molecule has 0 bridgehead atoms. The molecule has 5 rings (SSSR count). The normalized spacial score (nSPS) is 17.0. The van der Waals surface area contributed by atoms with Crippen molar-refractivity contribution in [1.82, 2.24) is 0 Å². The summed E-state index contributed by atoms with van der Waals surface area (Å²) in [6.07, 6.45) is 0.